The molecule has 6 rings (SSSR count). The molecule has 2 fully saturated rings. The van der Waals surface area contributed by atoms with Crippen molar-refractivity contribution in [1.29, 1.82) is 0 Å². The molecule has 2 saturated heterocycles. The summed E-state index contributed by atoms with van der Waals surface area (Å²) >= 11 is 6.09. The van der Waals surface area contributed by atoms with E-state index in [-0.39, 0.29) is 40.7 Å². The molecule has 2 N–H and O–H groups in total. The highest BCUT2D eigenvalue weighted by Gasteiger charge is 2.31. The first-order chi connectivity index (χ1) is 23.4. The number of likely N-dealkylation sites (tertiary alicyclic amines) is 1. The van der Waals surface area contributed by atoms with Crippen LogP contribution in [-0.4, -0.2) is 81.0 Å². The molecule has 3 amide bonds. The Bertz CT molecular complexity index is 2060. The van der Waals surface area contributed by atoms with Crippen LogP contribution in [0.4, 0.5) is 11.4 Å². The highest BCUT2D eigenvalue weighted by Crippen LogP contribution is 2.26. The Labute approximate surface area is 288 Å². The molecule has 0 spiro atoms. The Hall–Kier alpha value is -4.88. The minimum absolute atomic E-state index is 0.0859. The molecule has 49 heavy (non-hydrogen) atoms. The van der Waals surface area contributed by atoms with E-state index in [0.29, 0.717) is 44.2 Å². The van der Waals surface area contributed by atoms with Gasteiger partial charge in [0.05, 0.1) is 11.6 Å². The molecule has 12 nitrogen and oxygen atoms in total. The highest BCUT2D eigenvalue weighted by atomic mass is 35.5. The second kappa shape index (κ2) is 14.3. The van der Waals surface area contributed by atoms with Gasteiger partial charge >= 0.3 is 0 Å². The Kier molecular flexibility index (Phi) is 9.93. The molecule has 256 valence electrons. The van der Waals surface area contributed by atoms with Gasteiger partial charge in [-0.15, -0.1) is 0 Å². The minimum Gasteiger partial charge on any atom is -0.451 e. The van der Waals surface area contributed by atoms with E-state index in [1.54, 1.807) is 29.2 Å². The van der Waals surface area contributed by atoms with E-state index in [1.165, 1.54) is 18.2 Å². The summed E-state index contributed by atoms with van der Waals surface area (Å²) in [5.74, 6) is -1.14. The molecular weight excluding hydrogens is 670 g/mol. The fraction of sp³-hybridized carbons (Fsp3) is 0.314. The lowest BCUT2D eigenvalue weighted by atomic mass is 10.0. The standard InChI is InChI=1S/C35H36ClN5O7S/c1-49(46,47)38-26-12-13-31-27(20-26)30(42)21-32(48-31)34(44)37-28(19-23-8-10-25(36)11-9-23)35(45)40-17-15-39(16-18-40)29-6-3-2-5-24(29)22-41-14-4-7-33(41)43/h2-3,5-6,8-13,20-21,28,38H,4,7,14-19,22H2,1H3,(H,37,44)/t28-/m1/s1. The number of rotatable bonds is 10. The number of nitrogens with one attached hydrogen (secondary N) is 2. The van der Waals surface area contributed by atoms with Crippen molar-refractivity contribution in [1.82, 2.24) is 15.1 Å². The van der Waals surface area contributed by atoms with Crippen LogP contribution < -0.4 is 20.4 Å². The van der Waals surface area contributed by atoms with Gasteiger partial charge in [-0.25, -0.2) is 8.42 Å². The molecule has 2 aliphatic rings. The smallest absolute Gasteiger partial charge is 0.287 e. The van der Waals surface area contributed by atoms with Gasteiger partial charge in [-0.3, -0.25) is 23.9 Å². The van der Waals surface area contributed by atoms with Crippen molar-refractivity contribution >= 4 is 61.7 Å². The van der Waals surface area contributed by atoms with Crippen molar-refractivity contribution in [3.63, 3.8) is 0 Å². The number of halogens is 1. The van der Waals surface area contributed by atoms with E-state index in [9.17, 15) is 27.6 Å². The topological polar surface area (TPSA) is 149 Å². The fourth-order valence-corrected chi connectivity index (χ4v) is 6.93. The number of amides is 3. The molecule has 0 saturated carbocycles. The largest absolute Gasteiger partial charge is 0.451 e. The number of hydrogen-bond acceptors (Lipinski definition) is 8. The molecule has 2 aliphatic heterocycles. The van der Waals surface area contributed by atoms with Crippen LogP contribution in [0.15, 0.2) is 82.0 Å². The monoisotopic (exact) mass is 705 g/mol. The van der Waals surface area contributed by atoms with Crippen molar-refractivity contribution in [3.8, 4) is 0 Å². The molecule has 4 aromatic rings. The van der Waals surface area contributed by atoms with Crippen molar-refractivity contribution < 1.29 is 27.2 Å². The lowest BCUT2D eigenvalue weighted by Crippen LogP contribution is -2.55. The first kappa shape index (κ1) is 34.0. The average molecular weight is 706 g/mol. The number of piperazine rings is 1. The van der Waals surface area contributed by atoms with E-state index in [0.717, 1.165) is 42.1 Å². The quantitative estimate of drug-likeness (QED) is 0.254. The fourth-order valence-electron chi connectivity index (χ4n) is 6.25. The van der Waals surface area contributed by atoms with Gasteiger partial charge < -0.3 is 24.4 Å². The van der Waals surface area contributed by atoms with E-state index in [4.69, 9.17) is 16.0 Å². The zero-order chi connectivity index (χ0) is 34.7. The zero-order valence-corrected chi connectivity index (χ0v) is 28.4. The maximum atomic E-state index is 14.0. The first-order valence-electron chi connectivity index (χ1n) is 15.9. The Morgan fingerprint density at radius 2 is 1.67 bits per heavy atom. The molecule has 0 unspecified atom stereocenters. The molecule has 0 bridgehead atoms. The van der Waals surface area contributed by atoms with Gasteiger partial charge in [0, 0.05) is 74.6 Å². The molecule has 0 aliphatic carbocycles. The molecule has 1 atom stereocenters. The summed E-state index contributed by atoms with van der Waals surface area (Å²) < 4.78 is 31.3. The van der Waals surface area contributed by atoms with E-state index >= 15 is 0 Å². The predicted octanol–water partition coefficient (Wildman–Crippen LogP) is 3.63. The summed E-state index contributed by atoms with van der Waals surface area (Å²) in [6.45, 7) is 3.26. The van der Waals surface area contributed by atoms with Crippen LogP contribution in [0.2, 0.25) is 5.02 Å². The molecule has 14 heteroatoms. The molecule has 1 aromatic heterocycles. The van der Waals surface area contributed by atoms with Crippen LogP contribution in [0.25, 0.3) is 11.0 Å². The predicted molar refractivity (Wildman–Crippen MR) is 187 cm³/mol. The van der Waals surface area contributed by atoms with Crippen LogP contribution in [0.1, 0.15) is 34.5 Å². The summed E-state index contributed by atoms with van der Waals surface area (Å²) in [5, 5.41) is 3.41. The number of carbonyl (C=O) groups is 3. The Morgan fingerprint density at radius 1 is 0.939 bits per heavy atom. The molecular formula is C35H36ClN5O7S. The van der Waals surface area contributed by atoms with E-state index in [2.05, 4.69) is 14.9 Å². The number of fused-ring (bicyclic) bond motifs is 1. The maximum absolute atomic E-state index is 14.0. The van der Waals surface area contributed by atoms with Gasteiger partial charge in [0.25, 0.3) is 5.91 Å². The van der Waals surface area contributed by atoms with Crippen LogP contribution in [0.5, 0.6) is 0 Å². The Balaban J connectivity index is 1.18. The van der Waals surface area contributed by atoms with Crippen LogP contribution in [0, 0.1) is 0 Å². The summed E-state index contributed by atoms with van der Waals surface area (Å²) in [4.78, 5) is 58.6. The summed E-state index contributed by atoms with van der Waals surface area (Å²) in [5.41, 5.74) is 2.59. The summed E-state index contributed by atoms with van der Waals surface area (Å²) in [7, 11) is -3.57. The minimum atomic E-state index is -3.57. The normalized spacial score (nSPS) is 15.8. The van der Waals surface area contributed by atoms with Gasteiger partial charge in [-0.05, 0) is 53.9 Å². The lowest BCUT2D eigenvalue weighted by molar-refractivity contribution is -0.133. The number of carbonyl (C=O) groups excluding carboxylic acids is 3. The molecule has 0 radical (unpaired) electrons. The van der Waals surface area contributed by atoms with Crippen LogP contribution in [-0.2, 0) is 32.6 Å². The van der Waals surface area contributed by atoms with Gasteiger partial charge in [0.2, 0.25) is 21.8 Å². The second-order valence-corrected chi connectivity index (χ2v) is 14.5. The van der Waals surface area contributed by atoms with Gasteiger partial charge in [0.1, 0.15) is 11.6 Å². The molecule has 3 aromatic carbocycles. The average Bonchev–Trinajstić information content (AvgIpc) is 3.48. The van der Waals surface area contributed by atoms with Crippen molar-refractivity contribution in [2.45, 2.75) is 31.8 Å². The first-order valence-corrected chi connectivity index (χ1v) is 18.2. The zero-order valence-electron chi connectivity index (χ0n) is 26.9. The van der Waals surface area contributed by atoms with Gasteiger partial charge in [-0.1, -0.05) is 41.9 Å². The lowest BCUT2D eigenvalue weighted by Gasteiger charge is -2.38. The SMILES string of the molecule is CS(=O)(=O)Nc1ccc2oc(C(=O)N[C@H](Cc3ccc(Cl)cc3)C(=O)N3CCN(c4ccccc4CN4CCCC4=O)CC3)cc(=O)c2c1. The van der Waals surface area contributed by atoms with Gasteiger partial charge in [0.15, 0.2) is 11.2 Å². The second-order valence-electron chi connectivity index (χ2n) is 12.3. The van der Waals surface area contributed by atoms with Crippen LogP contribution in [0.3, 0.4) is 0 Å². The number of sulfonamides is 1. The summed E-state index contributed by atoms with van der Waals surface area (Å²) in [6, 6.07) is 19.2. The van der Waals surface area contributed by atoms with E-state index in [1.807, 2.05) is 29.2 Å². The van der Waals surface area contributed by atoms with Crippen molar-refractivity contribution in [2.24, 2.45) is 0 Å². The van der Waals surface area contributed by atoms with Gasteiger partial charge in [-0.2, -0.15) is 0 Å². The third kappa shape index (κ3) is 8.23. The highest BCUT2D eigenvalue weighted by molar-refractivity contribution is 7.92. The number of anilines is 2. The number of nitrogens with zero attached hydrogens (tertiary/aromatic N) is 3. The maximum Gasteiger partial charge on any atom is 0.287 e. The third-order valence-corrected chi connectivity index (χ3v) is 9.53. The number of hydrogen-bond donors (Lipinski definition) is 2. The van der Waals surface area contributed by atoms with Crippen molar-refractivity contribution in [2.75, 3.05) is 48.6 Å². The third-order valence-electron chi connectivity index (χ3n) is 8.67. The molecule has 3 heterocycles. The number of benzene rings is 3. The summed E-state index contributed by atoms with van der Waals surface area (Å²) in [6.07, 6.45) is 2.62. The van der Waals surface area contributed by atoms with Crippen molar-refractivity contribution in [3.05, 3.63) is 105 Å². The van der Waals surface area contributed by atoms with E-state index < -0.39 is 27.4 Å². The Morgan fingerprint density at radius 3 is 2.37 bits per heavy atom. The number of para-hydroxylation sites is 1. The van der Waals surface area contributed by atoms with Crippen LogP contribution >= 0.6 is 11.6 Å².